The Morgan fingerprint density at radius 3 is 3.00 bits per heavy atom. The van der Waals surface area contributed by atoms with E-state index >= 15 is 0 Å². The zero-order valence-electron chi connectivity index (χ0n) is 8.52. The number of hydrogen-bond acceptors (Lipinski definition) is 2. The summed E-state index contributed by atoms with van der Waals surface area (Å²) in [6.07, 6.45) is 0. The van der Waals surface area contributed by atoms with Crippen molar-refractivity contribution in [2.24, 2.45) is 0 Å². The van der Waals surface area contributed by atoms with Gasteiger partial charge in [0.15, 0.2) is 0 Å². The fourth-order valence-corrected chi connectivity index (χ4v) is 2.18. The maximum Gasteiger partial charge on any atom is 0.128 e. The van der Waals surface area contributed by atoms with Crippen molar-refractivity contribution in [3.05, 3.63) is 34.1 Å². The zero-order valence-corrected chi connectivity index (χ0v) is 10.1. The summed E-state index contributed by atoms with van der Waals surface area (Å²) in [6, 6.07) is 4.98. The molecule has 0 aromatic heterocycles. The number of hydrogen-bond donors (Lipinski definition) is 1. The van der Waals surface area contributed by atoms with Gasteiger partial charge in [-0.1, -0.05) is 15.9 Å². The van der Waals surface area contributed by atoms with Crippen molar-refractivity contribution in [3.8, 4) is 0 Å². The predicted molar refractivity (Wildman–Crippen MR) is 60.3 cm³/mol. The largest absolute Gasteiger partial charge is 0.378 e. The summed E-state index contributed by atoms with van der Waals surface area (Å²) >= 11 is 3.35. The van der Waals surface area contributed by atoms with Gasteiger partial charge in [-0.25, -0.2) is 4.39 Å². The second-order valence-corrected chi connectivity index (χ2v) is 4.85. The molecular formula is C11H13BrFNO. The first-order valence-corrected chi connectivity index (χ1v) is 5.69. The van der Waals surface area contributed by atoms with Crippen molar-refractivity contribution in [2.45, 2.75) is 12.5 Å². The van der Waals surface area contributed by atoms with Crippen LogP contribution in [-0.4, -0.2) is 19.8 Å². The van der Waals surface area contributed by atoms with Gasteiger partial charge < -0.3 is 10.1 Å². The molecule has 0 aliphatic carbocycles. The number of ether oxygens (including phenoxy) is 1. The molecule has 2 nitrogen and oxygen atoms in total. The first-order valence-electron chi connectivity index (χ1n) is 4.90. The highest BCUT2D eigenvalue weighted by atomic mass is 79.9. The van der Waals surface area contributed by atoms with Crippen molar-refractivity contribution in [3.63, 3.8) is 0 Å². The summed E-state index contributed by atoms with van der Waals surface area (Å²) in [4.78, 5) is 0. The molecule has 1 N–H and O–H groups in total. The third kappa shape index (κ3) is 2.22. The lowest BCUT2D eigenvalue weighted by Gasteiger charge is -2.35. The molecule has 0 radical (unpaired) electrons. The van der Waals surface area contributed by atoms with Gasteiger partial charge in [-0.15, -0.1) is 0 Å². The van der Waals surface area contributed by atoms with Gasteiger partial charge in [0.25, 0.3) is 0 Å². The highest BCUT2D eigenvalue weighted by Crippen LogP contribution is 2.28. The van der Waals surface area contributed by atoms with Gasteiger partial charge in [-0.3, -0.25) is 0 Å². The van der Waals surface area contributed by atoms with Gasteiger partial charge in [0.2, 0.25) is 0 Å². The Hall–Kier alpha value is -0.450. The minimum absolute atomic E-state index is 0.196. The minimum atomic E-state index is -0.424. The number of morpholine rings is 1. The van der Waals surface area contributed by atoms with Crippen molar-refractivity contribution in [1.29, 1.82) is 0 Å². The Kier molecular flexibility index (Phi) is 3.09. The first kappa shape index (κ1) is 11.0. The smallest absolute Gasteiger partial charge is 0.128 e. The van der Waals surface area contributed by atoms with Crippen LogP contribution in [0.2, 0.25) is 0 Å². The fraction of sp³-hybridized carbons (Fsp3) is 0.455. The molecule has 1 aliphatic rings. The van der Waals surface area contributed by atoms with Crippen molar-refractivity contribution in [1.82, 2.24) is 5.32 Å². The Labute approximate surface area is 96.9 Å². The van der Waals surface area contributed by atoms with Crippen LogP contribution >= 0.6 is 15.9 Å². The summed E-state index contributed by atoms with van der Waals surface area (Å²) in [5.41, 5.74) is 0.225. The molecule has 4 heteroatoms. The molecule has 1 unspecified atom stereocenters. The monoisotopic (exact) mass is 273 g/mol. The summed E-state index contributed by atoms with van der Waals surface area (Å²) in [7, 11) is 0. The molecule has 82 valence electrons. The predicted octanol–water partition coefficient (Wildman–Crippen LogP) is 2.42. The average molecular weight is 274 g/mol. The zero-order chi connectivity index (χ0) is 10.9. The molecular weight excluding hydrogens is 261 g/mol. The Morgan fingerprint density at radius 1 is 1.53 bits per heavy atom. The first-order chi connectivity index (χ1) is 7.12. The van der Waals surface area contributed by atoms with Gasteiger partial charge in [0.1, 0.15) is 5.82 Å². The summed E-state index contributed by atoms with van der Waals surface area (Å²) in [5, 5.41) is 3.29. The summed E-state index contributed by atoms with van der Waals surface area (Å²) in [5.74, 6) is -0.196. The van der Waals surface area contributed by atoms with E-state index in [0.29, 0.717) is 18.8 Å². The Bertz CT molecular complexity index is 364. The number of nitrogens with one attached hydrogen (secondary N) is 1. The molecule has 0 bridgehead atoms. The molecule has 0 amide bonds. The van der Waals surface area contributed by atoms with Crippen molar-refractivity contribution in [2.75, 3.05) is 19.8 Å². The van der Waals surface area contributed by atoms with E-state index < -0.39 is 5.54 Å². The van der Waals surface area contributed by atoms with Crippen LogP contribution in [0.3, 0.4) is 0 Å². The van der Waals surface area contributed by atoms with Gasteiger partial charge in [0.05, 0.1) is 18.8 Å². The second-order valence-electron chi connectivity index (χ2n) is 3.94. The van der Waals surface area contributed by atoms with Crippen LogP contribution < -0.4 is 5.32 Å². The summed E-state index contributed by atoms with van der Waals surface area (Å²) < 4.78 is 20.0. The van der Waals surface area contributed by atoms with Crippen LogP contribution in [0, 0.1) is 5.82 Å². The summed E-state index contributed by atoms with van der Waals surface area (Å²) in [6.45, 7) is 3.89. The lowest BCUT2D eigenvalue weighted by atomic mass is 9.91. The van der Waals surface area contributed by atoms with Crippen molar-refractivity contribution < 1.29 is 9.13 Å². The molecule has 0 saturated carbocycles. The highest BCUT2D eigenvalue weighted by molar-refractivity contribution is 9.10. The van der Waals surface area contributed by atoms with Crippen LogP contribution in [0.25, 0.3) is 0 Å². The van der Waals surface area contributed by atoms with E-state index in [0.717, 1.165) is 11.0 Å². The van der Waals surface area contributed by atoms with E-state index in [1.165, 1.54) is 6.07 Å². The van der Waals surface area contributed by atoms with E-state index in [2.05, 4.69) is 21.2 Å². The van der Waals surface area contributed by atoms with E-state index in [1.807, 2.05) is 6.92 Å². The molecule has 0 spiro atoms. The van der Waals surface area contributed by atoms with Gasteiger partial charge in [-0.05, 0) is 25.1 Å². The van der Waals surface area contributed by atoms with E-state index in [-0.39, 0.29) is 5.82 Å². The Balaban J connectivity index is 2.38. The van der Waals surface area contributed by atoms with Crippen molar-refractivity contribution >= 4 is 15.9 Å². The molecule has 1 heterocycles. The fourth-order valence-electron chi connectivity index (χ4n) is 1.82. The van der Waals surface area contributed by atoms with Crippen LogP contribution in [0.5, 0.6) is 0 Å². The van der Waals surface area contributed by atoms with Gasteiger partial charge in [0, 0.05) is 16.6 Å². The third-order valence-corrected chi connectivity index (χ3v) is 3.17. The topological polar surface area (TPSA) is 21.3 Å². The second kappa shape index (κ2) is 4.20. The lowest BCUT2D eigenvalue weighted by molar-refractivity contribution is 0.0323. The maximum atomic E-state index is 13.7. The van der Waals surface area contributed by atoms with Crippen LogP contribution in [0.15, 0.2) is 22.7 Å². The quantitative estimate of drug-likeness (QED) is 0.849. The molecule has 2 rings (SSSR count). The standard InChI is InChI=1S/C11H13BrFNO/c1-11(7-15-5-4-14-11)9-6-8(12)2-3-10(9)13/h2-3,6,14H,4-5,7H2,1H3. The molecule has 1 saturated heterocycles. The highest BCUT2D eigenvalue weighted by Gasteiger charge is 2.31. The van der Waals surface area contributed by atoms with E-state index in [9.17, 15) is 4.39 Å². The maximum absolute atomic E-state index is 13.7. The van der Waals surface area contributed by atoms with Gasteiger partial charge in [-0.2, -0.15) is 0 Å². The SMILES string of the molecule is CC1(c2cc(Br)ccc2F)COCCN1. The molecule has 1 atom stereocenters. The normalized spacial score (nSPS) is 26.6. The molecule has 1 aliphatic heterocycles. The van der Waals surface area contributed by atoms with E-state index in [4.69, 9.17) is 4.74 Å². The number of rotatable bonds is 1. The molecule has 1 fully saturated rings. The van der Waals surface area contributed by atoms with Crippen LogP contribution in [0.1, 0.15) is 12.5 Å². The van der Waals surface area contributed by atoms with Crippen LogP contribution in [0.4, 0.5) is 4.39 Å². The number of benzene rings is 1. The third-order valence-electron chi connectivity index (χ3n) is 2.68. The minimum Gasteiger partial charge on any atom is -0.378 e. The molecule has 15 heavy (non-hydrogen) atoms. The van der Waals surface area contributed by atoms with E-state index in [1.54, 1.807) is 12.1 Å². The molecule has 1 aromatic carbocycles. The lowest BCUT2D eigenvalue weighted by Crippen LogP contribution is -2.49. The number of halogens is 2. The Morgan fingerprint density at radius 2 is 2.33 bits per heavy atom. The van der Waals surface area contributed by atoms with Crippen LogP contribution in [-0.2, 0) is 10.3 Å². The molecule has 1 aromatic rings. The van der Waals surface area contributed by atoms with Gasteiger partial charge >= 0.3 is 0 Å². The average Bonchev–Trinajstić information content (AvgIpc) is 2.23.